The van der Waals surface area contributed by atoms with Gasteiger partial charge in [0.15, 0.2) is 0 Å². The summed E-state index contributed by atoms with van der Waals surface area (Å²) in [6, 6.07) is 11.7. The molecule has 0 saturated carbocycles. The molecule has 0 bridgehead atoms. The minimum absolute atomic E-state index is 0.0613. The van der Waals surface area contributed by atoms with E-state index in [9.17, 15) is 10.1 Å². The zero-order valence-corrected chi connectivity index (χ0v) is 14.6. The molecule has 2 N–H and O–H groups in total. The Morgan fingerprint density at radius 2 is 2.08 bits per heavy atom. The molecule has 0 fully saturated rings. The first-order valence-corrected chi connectivity index (χ1v) is 8.65. The van der Waals surface area contributed by atoms with Crippen molar-refractivity contribution in [3.63, 3.8) is 0 Å². The van der Waals surface area contributed by atoms with Gasteiger partial charge in [0, 0.05) is 17.3 Å². The highest BCUT2D eigenvalue weighted by Gasteiger charge is 2.36. The number of fused-ring (bicyclic) bond motifs is 3. The Hall–Kier alpha value is -3.04. The van der Waals surface area contributed by atoms with Gasteiger partial charge in [0.25, 0.3) is 5.56 Å². The van der Waals surface area contributed by atoms with Gasteiger partial charge < -0.3 is 15.0 Å². The number of thiophene rings is 1. The summed E-state index contributed by atoms with van der Waals surface area (Å²) in [4.78, 5) is 14.1. The second-order valence-electron chi connectivity index (χ2n) is 6.02. The second kappa shape index (κ2) is 5.50. The van der Waals surface area contributed by atoms with Gasteiger partial charge in [0.05, 0.1) is 17.0 Å². The van der Waals surface area contributed by atoms with Crippen LogP contribution in [-0.2, 0) is 7.05 Å². The van der Waals surface area contributed by atoms with Crippen LogP contribution in [0.2, 0.25) is 0 Å². The van der Waals surface area contributed by atoms with Crippen LogP contribution in [0.3, 0.4) is 0 Å². The average molecular weight is 349 g/mol. The van der Waals surface area contributed by atoms with E-state index in [4.69, 9.17) is 10.5 Å². The highest BCUT2D eigenvalue weighted by atomic mass is 32.1. The van der Waals surface area contributed by atoms with Crippen LogP contribution in [0.4, 0.5) is 0 Å². The minimum Gasteiger partial charge on any atom is -0.439 e. The van der Waals surface area contributed by atoms with Crippen LogP contribution in [0, 0.1) is 18.3 Å². The molecule has 0 spiro atoms. The molecule has 0 radical (unpaired) electrons. The molecule has 0 saturated heterocycles. The van der Waals surface area contributed by atoms with Crippen molar-refractivity contribution in [2.45, 2.75) is 12.8 Å². The van der Waals surface area contributed by atoms with Crippen molar-refractivity contribution in [1.82, 2.24) is 4.57 Å². The van der Waals surface area contributed by atoms with Crippen LogP contribution in [0.1, 0.15) is 21.9 Å². The smallest absolute Gasteiger partial charge is 0.258 e. The Morgan fingerprint density at radius 1 is 1.32 bits per heavy atom. The first-order chi connectivity index (χ1) is 12.0. The number of nitrogens with zero attached hydrogens (tertiary/aromatic N) is 2. The zero-order chi connectivity index (χ0) is 17.7. The van der Waals surface area contributed by atoms with Crippen LogP contribution < -0.4 is 16.0 Å². The summed E-state index contributed by atoms with van der Waals surface area (Å²) in [7, 11) is 1.73. The first-order valence-electron chi connectivity index (χ1n) is 7.77. The molecule has 6 heteroatoms. The molecule has 0 aliphatic carbocycles. The van der Waals surface area contributed by atoms with Crippen molar-refractivity contribution in [2.75, 3.05) is 0 Å². The minimum atomic E-state index is -0.503. The second-order valence-corrected chi connectivity index (χ2v) is 6.96. The number of ether oxygens (including phenoxy) is 1. The number of aromatic nitrogens is 1. The van der Waals surface area contributed by atoms with Crippen LogP contribution in [0.5, 0.6) is 5.75 Å². The van der Waals surface area contributed by atoms with E-state index in [-0.39, 0.29) is 17.0 Å². The molecule has 3 heterocycles. The summed E-state index contributed by atoms with van der Waals surface area (Å²) in [6.07, 6.45) is 0. The molecule has 2 aromatic heterocycles. The summed E-state index contributed by atoms with van der Waals surface area (Å²) in [6.45, 7) is 1.97. The molecule has 0 unspecified atom stereocenters. The van der Waals surface area contributed by atoms with E-state index in [0.717, 1.165) is 21.3 Å². The number of para-hydroxylation sites is 1. The number of pyridine rings is 1. The highest BCUT2D eigenvalue weighted by molar-refractivity contribution is 7.10. The van der Waals surface area contributed by atoms with Crippen LogP contribution in [-0.4, -0.2) is 4.57 Å². The van der Waals surface area contributed by atoms with Crippen LogP contribution >= 0.6 is 11.3 Å². The fraction of sp³-hybridized carbons (Fsp3) is 0.158. The summed E-state index contributed by atoms with van der Waals surface area (Å²) in [5.41, 5.74) is 8.43. The lowest BCUT2D eigenvalue weighted by atomic mass is 9.86. The average Bonchev–Trinajstić information content (AvgIpc) is 3.04. The predicted molar refractivity (Wildman–Crippen MR) is 97.5 cm³/mol. The van der Waals surface area contributed by atoms with Gasteiger partial charge in [-0.3, -0.25) is 4.79 Å². The molecular weight excluding hydrogens is 334 g/mol. The number of hydrogen-bond donors (Lipinski definition) is 1. The maximum Gasteiger partial charge on any atom is 0.258 e. The van der Waals surface area contributed by atoms with Gasteiger partial charge in [0.2, 0.25) is 5.88 Å². The monoisotopic (exact) mass is 349 g/mol. The van der Waals surface area contributed by atoms with Crippen molar-refractivity contribution in [3.05, 3.63) is 73.5 Å². The quantitative estimate of drug-likeness (QED) is 0.732. The van der Waals surface area contributed by atoms with Crippen molar-refractivity contribution >= 4 is 22.2 Å². The maximum atomic E-state index is 13.1. The summed E-state index contributed by atoms with van der Waals surface area (Å²) in [5, 5.41) is 12.4. The third-order valence-electron chi connectivity index (χ3n) is 4.63. The first kappa shape index (κ1) is 15.5. The largest absolute Gasteiger partial charge is 0.439 e. The van der Waals surface area contributed by atoms with E-state index >= 15 is 0 Å². The van der Waals surface area contributed by atoms with Gasteiger partial charge in [-0.2, -0.15) is 5.26 Å². The number of hydrogen-bond acceptors (Lipinski definition) is 5. The summed E-state index contributed by atoms with van der Waals surface area (Å²) in [5.74, 6) is 0.0104. The molecule has 0 amide bonds. The molecule has 1 aliphatic heterocycles. The number of aryl methyl sites for hydroxylation is 2. The van der Waals surface area contributed by atoms with Crippen molar-refractivity contribution < 1.29 is 4.74 Å². The van der Waals surface area contributed by atoms with Crippen molar-refractivity contribution in [3.8, 4) is 11.8 Å². The van der Waals surface area contributed by atoms with Gasteiger partial charge in [-0.25, -0.2) is 0 Å². The molecule has 1 atom stereocenters. The Labute approximate surface area is 148 Å². The molecule has 25 heavy (non-hydrogen) atoms. The molecule has 1 aliphatic rings. The fourth-order valence-corrected chi connectivity index (χ4v) is 4.41. The topological polar surface area (TPSA) is 81.0 Å². The van der Waals surface area contributed by atoms with E-state index in [1.54, 1.807) is 11.6 Å². The van der Waals surface area contributed by atoms with Gasteiger partial charge in [-0.05, 0) is 36.1 Å². The lowest BCUT2D eigenvalue weighted by Gasteiger charge is -2.27. The summed E-state index contributed by atoms with van der Waals surface area (Å²) >= 11 is 1.52. The van der Waals surface area contributed by atoms with Gasteiger partial charge in [0.1, 0.15) is 17.4 Å². The lowest BCUT2D eigenvalue weighted by Crippen LogP contribution is -2.31. The fourth-order valence-electron chi connectivity index (χ4n) is 3.37. The molecular formula is C19H15N3O2S. The number of rotatable bonds is 1. The van der Waals surface area contributed by atoms with E-state index in [2.05, 4.69) is 6.07 Å². The molecule has 5 nitrogen and oxygen atoms in total. The van der Waals surface area contributed by atoms with Crippen LogP contribution in [0.15, 0.2) is 52.0 Å². The lowest BCUT2D eigenvalue weighted by molar-refractivity contribution is 0.396. The highest BCUT2D eigenvalue weighted by Crippen LogP contribution is 2.45. The van der Waals surface area contributed by atoms with E-state index in [1.807, 2.05) is 42.6 Å². The number of nitrogens with two attached hydrogens (primary N) is 1. The molecule has 124 valence electrons. The standard InChI is InChI=1S/C19H15N3O2S/c1-10-7-8-25-17(10)14-12(9-20)18(21)24-16-11-5-3-4-6-13(11)22(2)19(23)15(14)16/h3-8,14H,21H2,1-2H3/t14-/m0/s1. The molecule has 1 aromatic carbocycles. The SMILES string of the molecule is Cc1ccsc1[C@H]1C(C#N)=C(N)Oc2c1c(=O)n(C)c1ccccc21. The third-order valence-corrected chi connectivity index (χ3v) is 5.71. The van der Waals surface area contributed by atoms with E-state index < -0.39 is 5.92 Å². The van der Waals surface area contributed by atoms with E-state index in [1.165, 1.54) is 11.3 Å². The number of allylic oxidation sites excluding steroid dienone is 1. The van der Waals surface area contributed by atoms with Gasteiger partial charge in [-0.15, -0.1) is 11.3 Å². The van der Waals surface area contributed by atoms with E-state index in [0.29, 0.717) is 11.3 Å². The number of nitriles is 1. The zero-order valence-electron chi connectivity index (χ0n) is 13.7. The molecule has 3 aromatic rings. The Kier molecular flexibility index (Phi) is 3.41. The predicted octanol–water partition coefficient (Wildman–Crippen LogP) is 3.13. The van der Waals surface area contributed by atoms with Crippen LogP contribution in [0.25, 0.3) is 10.9 Å². The van der Waals surface area contributed by atoms with Crippen molar-refractivity contribution in [2.24, 2.45) is 12.8 Å². The Bertz CT molecular complexity index is 1150. The Balaban J connectivity index is 2.17. The molecule has 4 rings (SSSR count). The maximum absolute atomic E-state index is 13.1. The summed E-state index contributed by atoms with van der Waals surface area (Å²) < 4.78 is 7.38. The number of benzene rings is 1. The third kappa shape index (κ3) is 2.10. The van der Waals surface area contributed by atoms with Gasteiger partial charge >= 0.3 is 0 Å². The normalized spacial score (nSPS) is 16.4. The Morgan fingerprint density at radius 3 is 2.76 bits per heavy atom. The van der Waals surface area contributed by atoms with Gasteiger partial charge in [-0.1, -0.05) is 12.1 Å². The van der Waals surface area contributed by atoms with Crippen molar-refractivity contribution in [1.29, 1.82) is 5.26 Å².